The van der Waals surface area contributed by atoms with Crippen molar-refractivity contribution in [3.8, 4) is 11.6 Å². The number of halogens is 1. The van der Waals surface area contributed by atoms with Gasteiger partial charge in [-0.3, -0.25) is 4.98 Å². The van der Waals surface area contributed by atoms with Crippen molar-refractivity contribution in [2.45, 2.75) is 0 Å². The van der Waals surface area contributed by atoms with Gasteiger partial charge in [0.2, 0.25) is 5.88 Å². The van der Waals surface area contributed by atoms with E-state index < -0.39 is 0 Å². The van der Waals surface area contributed by atoms with E-state index in [0.717, 1.165) is 15.4 Å². The van der Waals surface area contributed by atoms with Crippen LogP contribution in [0.1, 0.15) is 0 Å². The molecule has 0 spiro atoms. The van der Waals surface area contributed by atoms with Gasteiger partial charge in [0.05, 0.1) is 17.1 Å². The Kier molecular flexibility index (Phi) is 3.00. The number of nitrogens with zero attached hydrogens (tertiary/aromatic N) is 3. The molecule has 5 nitrogen and oxygen atoms in total. The molecule has 0 aliphatic heterocycles. The Morgan fingerprint density at radius 1 is 1.11 bits per heavy atom. The molecule has 0 saturated carbocycles. The average Bonchev–Trinajstić information content (AvgIpc) is 2.39. The molecule has 0 saturated heterocycles. The fraction of sp³-hybridized carbons (Fsp3) is 0. The molecule has 2 aromatic heterocycles. The Bertz CT molecular complexity index is 748. The Morgan fingerprint density at radius 2 is 2.00 bits per heavy atom. The van der Waals surface area contributed by atoms with Crippen LogP contribution < -0.4 is 10.5 Å². The predicted molar refractivity (Wildman–Crippen MR) is 76.0 cm³/mol. The fourth-order valence-corrected chi connectivity index (χ4v) is 2.04. The van der Waals surface area contributed by atoms with Gasteiger partial charge in [-0.25, -0.2) is 9.97 Å². The van der Waals surface area contributed by atoms with Gasteiger partial charge in [0.1, 0.15) is 12.1 Å². The van der Waals surface area contributed by atoms with Crippen LogP contribution in [0.2, 0.25) is 0 Å². The lowest BCUT2D eigenvalue weighted by Crippen LogP contribution is -1.93. The fourth-order valence-electron chi connectivity index (χ4n) is 1.69. The molecule has 0 amide bonds. The molecule has 0 atom stereocenters. The number of benzene rings is 1. The maximum atomic E-state index is 5.78. The van der Waals surface area contributed by atoms with E-state index in [9.17, 15) is 0 Å². The molecular formula is C13H9BrN4O. The molecule has 0 bridgehead atoms. The first-order chi connectivity index (χ1) is 9.22. The normalized spacial score (nSPS) is 10.6. The summed E-state index contributed by atoms with van der Waals surface area (Å²) in [4.78, 5) is 12.3. The van der Waals surface area contributed by atoms with Gasteiger partial charge in [0, 0.05) is 16.4 Å². The van der Waals surface area contributed by atoms with E-state index in [1.54, 1.807) is 24.5 Å². The van der Waals surface area contributed by atoms with E-state index in [-0.39, 0.29) is 0 Å². The molecule has 19 heavy (non-hydrogen) atoms. The summed E-state index contributed by atoms with van der Waals surface area (Å²) in [7, 11) is 0. The second kappa shape index (κ2) is 4.81. The summed E-state index contributed by atoms with van der Waals surface area (Å²) in [5.74, 6) is 1.05. The van der Waals surface area contributed by atoms with Crippen LogP contribution in [0.5, 0.6) is 11.6 Å². The third-order valence-electron chi connectivity index (χ3n) is 2.52. The zero-order valence-electron chi connectivity index (χ0n) is 9.75. The van der Waals surface area contributed by atoms with E-state index >= 15 is 0 Å². The highest BCUT2D eigenvalue weighted by Gasteiger charge is 2.07. The first kappa shape index (κ1) is 11.9. The summed E-state index contributed by atoms with van der Waals surface area (Å²) >= 11 is 3.34. The zero-order valence-corrected chi connectivity index (χ0v) is 11.3. The van der Waals surface area contributed by atoms with Crippen molar-refractivity contribution in [2.75, 3.05) is 5.73 Å². The van der Waals surface area contributed by atoms with Gasteiger partial charge in [-0.2, -0.15) is 0 Å². The number of anilines is 1. The number of aromatic nitrogens is 3. The molecule has 0 aliphatic rings. The van der Waals surface area contributed by atoms with Crippen LogP contribution in [0, 0.1) is 0 Å². The number of nitrogen functional groups attached to an aromatic ring is 1. The second-order valence-corrected chi connectivity index (χ2v) is 4.81. The van der Waals surface area contributed by atoms with Crippen molar-refractivity contribution < 1.29 is 4.74 Å². The third kappa shape index (κ3) is 2.48. The lowest BCUT2D eigenvalue weighted by atomic mass is 10.2. The minimum atomic E-state index is 0.456. The number of rotatable bonds is 2. The molecule has 0 radical (unpaired) electrons. The first-order valence-corrected chi connectivity index (χ1v) is 6.30. The van der Waals surface area contributed by atoms with Crippen molar-refractivity contribution in [2.24, 2.45) is 0 Å². The number of nitrogens with two attached hydrogens (primary N) is 1. The third-order valence-corrected chi connectivity index (χ3v) is 2.95. The van der Waals surface area contributed by atoms with Crippen molar-refractivity contribution in [3.63, 3.8) is 0 Å². The van der Waals surface area contributed by atoms with Crippen molar-refractivity contribution in [1.82, 2.24) is 15.0 Å². The Balaban J connectivity index is 2.07. The van der Waals surface area contributed by atoms with Gasteiger partial charge in [-0.15, -0.1) is 0 Å². The quantitative estimate of drug-likeness (QED) is 0.735. The van der Waals surface area contributed by atoms with E-state index in [2.05, 4.69) is 30.9 Å². The van der Waals surface area contributed by atoms with Crippen LogP contribution in [0.15, 0.2) is 47.5 Å². The molecule has 6 heteroatoms. The van der Waals surface area contributed by atoms with Gasteiger partial charge < -0.3 is 10.5 Å². The largest absolute Gasteiger partial charge is 0.437 e. The Hall–Kier alpha value is -2.21. The zero-order chi connectivity index (χ0) is 13.2. The minimum Gasteiger partial charge on any atom is -0.437 e. The average molecular weight is 317 g/mol. The van der Waals surface area contributed by atoms with E-state index in [1.807, 2.05) is 12.1 Å². The van der Waals surface area contributed by atoms with Crippen molar-refractivity contribution in [1.29, 1.82) is 0 Å². The molecular weight excluding hydrogens is 308 g/mol. The van der Waals surface area contributed by atoms with E-state index in [1.165, 1.54) is 6.33 Å². The molecule has 3 rings (SSSR count). The highest BCUT2D eigenvalue weighted by molar-refractivity contribution is 9.10. The van der Waals surface area contributed by atoms with Gasteiger partial charge in [-0.05, 0) is 40.2 Å². The maximum Gasteiger partial charge on any atom is 0.230 e. The van der Waals surface area contributed by atoms with Crippen molar-refractivity contribution in [3.05, 3.63) is 47.5 Å². The number of ether oxygens (including phenoxy) is 1. The van der Waals surface area contributed by atoms with Crippen LogP contribution in [0.4, 0.5) is 5.69 Å². The molecule has 94 valence electrons. The lowest BCUT2D eigenvalue weighted by Gasteiger charge is -2.07. The van der Waals surface area contributed by atoms with Crippen LogP contribution in [-0.2, 0) is 0 Å². The first-order valence-electron chi connectivity index (χ1n) is 5.51. The highest BCUT2D eigenvalue weighted by Crippen LogP contribution is 2.28. The Morgan fingerprint density at radius 3 is 2.84 bits per heavy atom. The van der Waals surface area contributed by atoms with Crippen LogP contribution in [0.25, 0.3) is 10.9 Å². The van der Waals surface area contributed by atoms with E-state index in [0.29, 0.717) is 17.3 Å². The van der Waals surface area contributed by atoms with Gasteiger partial charge in [-0.1, -0.05) is 0 Å². The number of pyridine rings is 1. The molecule has 2 N–H and O–H groups in total. The predicted octanol–water partition coefficient (Wildman–Crippen LogP) is 3.16. The molecule has 0 fully saturated rings. The lowest BCUT2D eigenvalue weighted by molar-refractivity contribution is 0.465. The molecule has 3 aromatic rings. The minimum absolute atomic E-state index is 0.456. The summed E-state index contributed by atoms with van der Waals surface area (Å²) in [5.41, 5.74) is 7.20. The second-order valence-electron chi connectivity index (χ2n) is 3.90. The van der Waals surface area contributed by atoms with Gasteiger partial charge in [0.15, 0.2) is 0 Å². The van der Waals surface area contributed by atoms with Gasteiger partial charge >= 0.3 is 0 Å². The Labute approximate surface area is 117 Å². The maximum absolute atomic E-state index is 5.78. The number of hydrogen-bond donors (Lipinski definition) is 1. The van der Waals surface area contributed by atoms with Crippen LogP contribution >= 0.6 is 15.9 Å². The molecule has 1 aromatic carbocycles. The van der Waals surface area contributed by atoms with Crippen molar-refractivity contribution >= 4 is 32.5 Å². The molecule has 2 heterocycles. The smallest absolute Gasteiger partial charge is 0.230 e. The monoisotopic (exact) mass is 316 g/mol. The van der Waals surface area contributed by atoms with E-state index in [4.69, 9.17) is 10.5 Å². The highest BCUT2D eigenvalue weighted by atomic mass is 79.9. The van der Waals surface area contributed by atoms with Crippen LogP contribution in [0.3, 0.4) is 0 Å². The topological polar surface area (TPSA) is 73.9 Å². The van der Waals surface area contributed by atoms with Crippen LogP contribution in [-0.4, -0.2) is 15.0 Å². The SMILES string of the molecule is Nc1ccc2ncnc(Oc3cncc(Br)c3)c2c1. The van der Waals surface area contributed by atoms with Gasteiger partial charge in [0.25, 0.3) is 0 Å². The summed E-state index contributed by atoms with van der Waals surface area (Å²) in [5, 5.41) is 0.766. The summed E-state index contributed by atoms with van der Waals surface area (Å²) in [6.45, 7) is 0. The standard InChI is InChI=1S/C13H9BrN4O/c14-8-3-10(6-16-5-8)19-13-11-4-9(15)1-2-12(11)17-7-18-13/h1-7H,15H2. The molecule has 0 unspecified atom stereocenters. The summed E-state index contributed by atoms with van der Waals surface area (Å²) in [6.07, 6.45) is 4.76. The number of fused-ring (bicyclic) bond motifs is 1. The number of hydrogen-bond acceptors (Lipinski definition) is 5. The summed E-state index contributed by atoms with van der Waals surface area (Å²) < 4.78 is 6.56. The summed E-state index contributed by atoms with van der Waals surface area (Å²) in [6, 6.07) is 7.22. The molecule has 0 aliphatic carbocycles.